The summed E-state index contributed by atoms with van der Waals surface area (Å²) in [5.74, 6) is 0.975. The summed E-state index contributed by atoms with van der Waals surface area (Å²) < 4.78 is 11.4. The normalized spacial score (nSPS) is 26.6. The van der Waals surface area contributed by atoms with Gasteiger partial charge in [0.15, 0.2) is 0 Å². The number of piperazine rings is 1. The molecule has 3 aliphatic rings. The first-order valence-electron chi connectivity index (χ1n) is 10.3. The van der Waals surface area contributed by atoms with E-state index in [0.717, 1.165) is 56.1 Å². The number of ether oxygens (including phenoxy) is 2. The van der Waals surface area contributed by atoms with Crippen LogP contribution in [0.15, 0.2) is 48.5 Å². The highest BCUT2D eigenvalue weighted by molar-refractivity contribution is 6.06. The van der Waals surface area contributed by atoms with Crippen LogP contribution in [0.4, 0.5) is 11.4 Å². The number of nitrogens with one attached hydrogen (secondary N) is 1. The van der Waals surface area contributed by atoms with Crippen molar-refractivity contribution in [1.29, 1.82) is 0 Å². The molecular weight excluding hydrogens is 366 g/mol. The first-order valence-corrected chi connectivity index (χ1v) is 10.3. The van der Waals surface area contributed by atoms with Crippen molar-refractivity contribution < 1.29 is 14.3 Å². The van der Waals surface area contributed by atoms with Gasteiger partial charge in [-0.25, -0.2) is 0 Å². The molecule has 1 amide bonds. The summed E-state index contributed by atoms with van der Waals surface area (Å²) in [6, 6.07) is 16.3. The number of amides is 1. The van der Waals surface area contributed by atoms with Crippen LogP contribution >= 0.6 is 0 Å². The summed E-state index contributed by atoms with van der Waals surface area (Å²) >= 11 is 0. The Labute approximate surface area is 171 Å². The molecule has 2 saturated heterocycles. The number of rotatable bonds is 4. The average molecular weight is 393 g/mol. The summed E-state index contributed by atoms with van der Waals surface area (Å²) in [5.41, 5.74) is 2.76. The molecular formula is C23H27N3O3. The van der Waals surface area contributed by atoms with Crippen LogP contribution in [0.3, 0.4) is 0 Å². The first-order chi connectivity index (χ1) is 14.2. The van der Waals surface area contributed by atoms with Gasteiger partial charge in [-0.2, -0.15) is 0 Å². The summed E-state index contributed by atoms with van der Waals surface area (Å²) in [4.78, 5) is 17.6. The number of nitrogens with zero attached hydrogens (tertiary/aromatic N) is 2. The van der Waals surface area contributed by atoms with Crippen molar-refractivity contribution in [3.05, 3.63) is 54.1 Å². The standard InChI is InChI=1S/C23H27N3O3/c1-28-18-8-6-17(7-9-18)26-12-10-25(11-13-26)15-19-14-23(16-29-19)20-4-2-3-5-21(20)24-22(23)27/h2-9,19H,10-16H2,1H3,(H,24,27). The van der Waals surface area contributed by atoms with E-state index in [1.807, 2.05) is 30.3 Å². The fourth-order valence-electron chi connectivity index (χ4n) is 4.87. The third-order valence-corrected chi connectivity index (χ3v) is 6.54. The van der Waals surface area contributed by atoms with E-state index in [9.17, 15) is 4.79 Å². The third-order valence-electron chi connectivity index (χ3n) is 6.54. The van der Waals surface area contributed by atoms with Crippen molar-refractivity contribution in [1.82, 2.24) is 4.90 Å². The molecule has 0 radical (unpaired) electrons. The lowest BCUT2D eigenvalue weighted by molar-refractivity contribution is -0.120. The number of methoxy groups -OCH3 is 1. The van der Waals surface area contributed by atoms with Crippen LogP contribution in [-0.4, -0.2) is 63.4 Å². The van der Waals surface area contributed by atoms with Crippen molar-refractivity contribution in [2.45, 2.75) is 17.9 Å². The minimum Gasteiger partial charge on any atom is -0.497 e. The van der Waals surface area contributed by atoms with Crippen LogP contribution in [-0.2, 0) is 14.9 Å². The van der Waals surface area contributed by atoms with Crippen molar-refractivity contribution in [2.24, 2.45) is 0 Å². The van der Waals surface area contributed by atoms with E-state index < -0.39 is 5.41 Å². The highest BCUT2D eigenvalue weighted by Crippen LogP contribution is 2.45. The molecule has 0 saturated carbocycles. The highest BCUT2D eigenvalue weighted by atomic mass is 16.5. The Morgan fingerprint density at radius 3 is 2.62 bits per heavy atom. The minimum absolute atomic E-state index is 0.0884. The second-order valence-corrected chi connectivity index (χ2v) is 8.20. The molecule has 0 bridgehead atoms. The number of para-hydroxylation sites is 1. The van der Waals surface area contributed by atoms with Gasteiger partial charge >= 0.3 is 0 Å². The number of carbonyl (C=O) groups is 1. The number of hydrogen-bond acceptors (Lipinski definition) is 5. The molecule has 152 valence electrons. The van der Waals surface area contributed by atoms with E-state index in [1.165, 1.54) is 5.69 Å². The van der Waals surface area contributed by atoms with Gasteiger partial charge in [0, 0.05) is 44.1 Å². The summed E-state index contributed by atoms with van der Waals surface area (Å²) in [6.45, 7) is 5.35. The van der Waals surface area contributed by atoms with Gasteiger partial charge in [-0.05, 0) is 42.3 Å². The maximum atomic E-state index is 12.7. The Hall–Kier alpha value is -2.57. The van der Waals surface area contributed by atoms with Gasteiger partial charge in [-0.15, -0.1) is 0 Å². The molecule has 6 heteroatoms. The van der Waals surface area contributed by atoms with E-state index in [4.69, 9.17) is 9.47 Å². The molecule has 1 N–H and O–H groups in total. The van der Waals surface area contributed by atoms with E-state index in [1.54, 1.807) is 7.11 Å². The van der Waals surface area contributed by atoms with Gasteiger partial charge in [0.1, 0.15) is 11.2 Å². The van der Waals surface area contributed by atoms with E-state index in [2.05, 4.69) is 33.3 Å². The van der Waals surface area contributed by atoms with E-state index in [0.29, 0.717) is 6.61 Å². The summed E-state index contributed by atoms with van der Waals surface area (Å²) in [6.07, 6.45) is 0.855. The first kappa shape index (κ1) is 18.5. The maximum absolute atomic E-state index is 12.7. The summed E-state index contributed by atoms with van der Waals surface area (Å²) in [7, 11) is 1.69. The molecule has 2 atom stereocenters. The maximum Gasteiger partial charge on any atom is 0.237 e. The van der Waals surface area contributed by atoms with Gasteiger partial charge in [-0.1, -0.05) is 18.2 Å². The molecule has 2 aromatic rings. The zero-order valence-electron chi connectivity index (χ0n) is 16.8. The quantitative estimate of drug-likeness (QED) is 0.865. The van der Waals surface area contributed by atoms with Crippen molar-refractivity contribution in [3.8, 4) is 5.75 Å². The molecule has 1 spiro atoms. The largest absolute Gasteiger partial charge is 0.497 e. The van der Waals surface area contributed by atoms with Crippen LogP contribution in [0.1, 0.15) is 12.0 Å². The zero-order valence-corrected chi connectivity index (χ0v) is 16.8. The predicted octanol–water partition coefficient (Wildman–Crippen LogP) is 2.50. The Kier molecular flexibility index (Phi) is 4.68. The third kappa shape index (κ3) is 3.26. The van der Waals surface area contributed by atoms with E-state index in [-0.39, 0.29) is 12.0 Å². The monoisotopic (exact) mass is 393 g/mol. The fraction of sp³-hybridized carbons (Fsp3) is 0.435. The molecule has 2 unspecified atom stereocenters. The van der Waals surface area contributed by atoms with Crippen LogP contribution < -0.4 is 15.0 Å². The van der Waals surface area contributed by atoms with Gasteiger partial charge in [0.05, 0.1) is 19.8 Å². The number of fused-ring (bicyclic) bond motifs is 2. The summed E-state index contributed by atoms with van der Waals surface area (Å²) in [5, 5.41) is 3.04. The molecule has 5 rings (SSSR count). The lowest BCUT2D eigenvalue weighted by atomic mass is 9.79. The SMILES string of the molecule is COc1ccc(N2CCN(CC3CC4(CO3)C(=O)Nc3ccccc34)CC2)cc1. The van der Waals surface area contributed by atoms with Crippen LogP contribution in [0, 0.1) is 0 Å². The van der Waals surface area contributed by atoms with Gasteiger partial charge in [0.25, 0.3) is 0 Å². The number of benzene rings is 2. The zero-order chi connectivity index (χ0) is 19.8. The topological polar surface area (TPSA) is 54.0 Å². The van der Waals surface area contributed by atoms with Crippen molar-refractivity contribution >= 4 is 17.3 Å². The van der Waals surface area contributed by atoms with Crippen molar-refractivity contribution in [3.63, 3.8) is 0 Å². The van der Waals surface area contributed by atoms with E-state index >= 15 is 0 Å². The van der Waals surface area contributed by atoms with Gasteiger partial charge in [-0.3, -0.25) is 9.69 Å². The number of hydrogen-bond donors (Lipinski definition) is 1. The number of anilines is 2. The second kappa shape index (κ2) is 7.35. The Balaban J connectivity index is 1.18. The average Bonchev–Trinajstić information content (AvgIpc) is 3.31. The molecule has 2 aromatic carbocycles. The Morgan fingerprint density at radius 2 is 1.86 bits per heavy atom. The molecule has 0 aromatic heterocycles. The molecule has 2 fully saturated rings. The predicted molar refractivity (Wildman–Crippen MR) is 113 cm³/mol. The molecule has 3 heterocycles. The van der Waals surface area contributed by atoms with Crippen LogP contribution in [0.25, 0.3) is 0 Å². The number of carbonyl (C=O) groups excluding carboxylic acids is 1. The van der Waals surface area contributed by atoms with Crippen LogP contribution in [0.2, 0.25) is 0 Å². The fourth-order valence-corrected chi connectivity index (χ4v) is 4.87. The van der Waals surface area contributed by atoms with Gasteiger partial charge < -0.3 is 19.7 Å². The highest BCUT2D eigenvalue weighted by Gasteiger charge is 2.52. The minimum atomic E-state index is -0.508. The molecule has 0 aliphatic carbocycles. The van der Waals surface area contributed by atoms with Crippen LogP contribution in [0.5, 0.6) is 5.75 Å². The lowest BCUT2D eigenvalue weighted by Gasteiger charge is -2.37. The smallest absolute Gasteiger partial charge is 0.237 e. The molecule has 3 aliphatic heterocycles. The molecule has 29 heavy (non-hydrogen) atoms. The Morgan fingerprint density at radius 1 is 1.10 bits per heavy atom. The second-order valence-electron chi connectivity index (χ2n) is 8.20. The van der Waals surface area contributed by atoms with Gasteiger partial charge in [0.2, 0.25) is 5.91 Å². The Bertz CT molecular complexity index is 892. The lowest BCUT2D eigenvalue weighted by Crippen LogP contribution is -2.48. The molecule has 6 nitrogen and oxygen atoms in total. The van der Waals surface area contributed by atoms with Crippen molar-refractivity contribution in [2.75, 3.05) is 56.7 Å².